The van der Waals surface area contributed by atoms with Crippen LogP contribution in [0.25, 0.3) is 0 Å². The lowest BCUT2D eigenvalue weighted by Gasteiger charge is -2.22. The molecule has 0 spiro atoms. The molecule has 0 saturated carbocycles. The Morgan fingerprint density at radius 1 is 1.55 bits per heavy atom. The Morgan fingerprint density at radius 2 is 2.30 bits per heavy atom. The molecule has 6 heteroatoms. The third-order valence-electron chi connectivity index (χ3n) is 2.97. The number of alkyl carbamates (subject to hydrolysis) is 1. The number of anilines is 1. The Morgan fingerprint density at radius 3 is 2.95 bits per heavy atom. The Balaban J connectivity index is 1.90. The van der Waals surface area contributed by atoms with Crippen LogP contribution in [-0.2, 0) is 4.74 Å². The molecule has 110 valence electrons. The summed E-state index contributed by atoms with van der Waals surface area (Å²) >= 11 is 0. The number of ether oxygens (including phenoxy) is 1. The van der Waals surface area contributed by atoms with Crippen LogP contribution in [0.2, 0.25) is 0 Å². The molecular formula is C14H21N3O3. The van der Waals surface area contributed by atoms with Crippen molar-refractivity contribution in [1.82, 2.24) is 10.3 Å². The number of carbonyl (C=O) groups is 1. The van der Waals surface area contributed by atoms with Crippen LogP contribution in [0.1, 0.15) is 27.2 Å². The molecule has 0 unspecified atom stereocenters. The minimum Gasteiger partial charge on any atom is -0.504 e. The number of rotatable bonds is 2. The largest absolute Gasteiger partial charge is 0.504 e. The van der Waals surface area contributed by atoms with Gasteiger partial charge in [0.15, 0.2) is 11.6 Å². The van der Waals surface area contributed by atoms with Crippen LogP contribution in [0.15, 0.2) is 18.3 Å². The second-order valence-corrected chi connectivity index (χ2v) is 5.92. The molecular weight excluding hydrogens is 258 g/mol. The van der Waals surface area contributed by atoms with Gasteiger partial charge in [-0.2, -0.15) is 0 Å². The van der Waals surface area contributed by atoms with Crippen molar-refractivity contribution in [2.75, 3.05) is 18.0 Å². The Bertz CT molecular complexity index is 485. The molecule has 1 fully saturated rings. The summed E-state index contributed by atoms with van der Waals surface area (Å²) in [6.07, 6.45) is 2.04. The van der Waals surface area contributed by atoms with Crippen molar-refractivity contribution in [1.29, 1.82) is 0 Å². The third kappa shape index (κ3) is 3.76. The number of nitrogens with zero attached hydrogens (tertiary/aromatic N) is 2. The number of nitrogens with one attached hydrogen (secondary N) is 1. The maximum Gasteiger partial charge on any atom is 0.407 e. The molecule has 1 atom stereocenters. The number of pyridine rings is 1. The first-order chi connectivity index (χ1) is 9.35. The molecule has 0 aliphatic carbocycles. The zero-order valence-electron chi connectivity index (χ0n) is 12.1. The van der Waals surface area contributed by atoms with Crippen molar-refractivity contribution in [2.45, 2.75) is 38.8 Å². The molecule has 1 amide bonds. The number of hydrogen-bond acceptors (Lipinski definition) is 5. The average molecular weight is 279 g/mol. The van der Waals surface area contributed by atoms with Gasteiger partial charge in [-0.05, 0) is 39.3 Å². The Labute approximate surface area is 118 Å². The highest BCUT2D eigenvalue weighted by atomic mass is 16.6. The molecule has 1 aliphatic heterocycles. The Hall–Kier alpha value is -1.98. The van der Waals surface area contributed by atoms with Gasteiger partial charge in [-0.1, -0.05) is 0 Å². The zero-order valence-corrected chi connectivity index (χ0v) is 12.1. The quantitative estimate of drug-likeness (QED) is 0.864. The van der Waals surface area contributed by atoms with Crippen molar-refractivity contribution in [3.05, 3.63) is 18.3 Å². The van der Waals surface area contributed by atoms with E-state index in [2.05, 4.69) is 10.3 Å². The van der Waals surface area contributed by atoms with Crippen molar-refractivity contribution in [3.8, 4) is 5.75 Å². The van der Waals surface area contributed by atoms with Crippen LogP contribution in [-0.4, -0.2) is 40.9 Å². The van der Waals surface area contributed by atoms with Crippen molar-refractivity contribution < 1.29 is 14.6 Å². The summed E-state index contributed by atoms with van der Waals surface area (Å²) in [7, 11) is 0. The first kappa shape index (κ1) is 14.4. The van der Waals surface area contributed by atoms with Gasteiger partial charge in [0.25, 0.3) is 0 Å². The van der Waals surface area contributed by atoms with Gasteiger partial charge in [-0.15, -0.1) is 0 Å². The Kier molecular flexibility index (Phi) is 4.01. The zero-order chi connectivity index (χ0) is 14.8. The first-order valence-corrected chi connectivity index (χ1v) is 6.73. The highest BCUT2D eigenvalue weighted by Gasteiger charge is 2.27. The van der Waals surface area contributed by atoms with E-state index in [9.17, 15) is 9.90 Å². The first-order valence-electron chi connectivity index (χ1n) is 6.73. The summed E-state index contributed by atoms with van der Waals surface area (Å²) in [5.41, 5.74) is -0.498. The van der Waals surface area contributed by atoms with Crippen molar-refractivity contribution in [3.63, 3.8) is 0 Å². The second kappa shape index (κ2) is 5.56. The van der Waals surface area contributed by atoms with Crippen LogP contribution in [0, 0.1) is 0 Å². The summed E-state index contributed by atoms with van der Waals surface area (Å²) in [5.74, 6) is 0.714. The number of amides is 1. The smallest absolute Gasteiger partial charge is 0.407 e. The standard InChI is InChI=1S/C14H21N3O3/c1-14(2,3)20-13(19)16-10-6-8-17(9-10)12-11(18)5-4-7-15-12/h4-5,7,10,18H,6,8-9H2,1-3H3,(H,16,19)/t10-/m1/s1. The summed E-state index contributed by atoms with van der Waals surface area (Å²) in [6.45, 7) is 6.85. The predicted octanol–water partition coefficient (Wildman–Crippen LogP) is 1.89. The van der Waals surface area contributed by atoms with E-state index in [0.29, 0.717) is 12.4 Å². The molecule has 1 aromatic rings. The van der Waals surface area contributed by atoms with Crippen molar-refractivity contribution in [2.24, 2.45) is 0 Å². The fourth-order valence-electron chi connectivity index (χ4n) is 2.18. The predicted molar refractivity (Wildman–Crippen MR) is 75.9 cm³/mol. The van der Waals surface area contributed by atoms with E-state index in [1.807, 2.05) is 25.7 Å². The molecule has 0 aromatic carbocycles. The van der Waals surface area contributed by atoms with Crippen LogP contribution in [0.3, 0.4) is 0 Å². The van der Waals surface area contributed by atoms with Gasteiger partial charge in [-0.3, -0.25) is 0 Å². The van der Waals surface area contributed by atoms with Crippen LogP contribution >= 0.6 is 0 Å². The maximum atomic E-state index is 11.7. The molecule has 2 rings (SSSR count). The minimum absolute atomic E-state index is 0.00579. The summed E-state index contributed by atoms with van der Waals surface area (Å²) in [5, 5.41) is 12.6. The van der Waals surface area contributed by atoms with E-state index < -0.39 is 11.7 Å². The third-order valence-corrected chi connectivity index (χ3v) is 2.97. The lowest BCUT2D eigenvalue weighted by molar-refractivity contribution is 0.0509. The lowest BCUT2D eigenvalue weighted by atomic mass is 10.2. The van der Waals surface area contributed by atoms with E-state index in [4.69, 9.17) is 4.74 Å². The monoisotopic (exact) mass is 279 g/mol. The van der Waals surface area contributed by atoms with Gasteiger partial charge < -0.3 is 20.1 Å². The SMILES string of the molecule is CC(C)(C)OC(=O)N[C@@H]1CCN(c2ncccc2O)C1. The number of aromatic nitrogens is 1. The molecule has 1 saturated heterocycles. The minimum atomic E-state index is -0.498. The fourth-order valence-corrected chi connectivity index (χ4v) is 2.18. The highest BCUT2D eigenvalue weighted by Crippen LogP contribution is 2.26. The summed E-state index contributed by atoms with van der Waals surface area (Å²) < 4.78 is 5.23. The van der Waals surface area contributed by atoms with E-state index in [-0.39, 0.29) is 11.8 Å². The highest BCUT2D eigenvalue weighted by molar-refractivity contribution is 5.68. The van der Waals surface area contributed by atoms with Gasteiger partial charge in [-0.25, -0.2) is 9.78 Å². The van der Waals surface area contributed by atoms with Crippen LogP contribution in [0.4, 0.5) is 10.6 Å². The van der Waals surface area contributed by atoms with E-state index >= 15 is 0 Å². The van der Waals surface area contributed by atoms with E-state index in [1.165, 1.54) is 0 Å². The number of hydrogen-bond donors (Lipinski definition) is 2. The van der Waals surface area contributed by atoms with Crippen LogP contribution in [0.5, 0.6) is 5.75 Å². The average Bonchev–Trinajstić information content (AvgIpc) is 2.75. The number of aromatic hydroxyl groups is 1. The topological polar surface area (TPSA) is 74.7 Å². The molecule has 6 nitrogen and oxygen atoms in total. The van der Waals surface area contributed by atoms with Crippen LogP contribution < -0.4 is 10.2 Å². The van der Waals surface area contributed by atoms with Gasteiger partial charge in [0.05, 0.1) is 6.04 Å². The molecule has 2 heterocycles. The van der Waals surface area contributed by atoms with E-state index in [1.54, 1.807) is 18.3 Å². The van der Waals surface area contributed by atoms with Crippen molar-refractivity contribution >= 4 is 11.9 Å². The fraction of sp³-hybridized carbons (Fsp3) is 0.571. The number of carbonyl (C=O) groups excluding carboxylic acids is 1. The summed E-state index contributed by atoms with van der Waals surface area (Å²) in [6, 6.07) is 3.30. The van der Waals surface area contributed by atoms with Gasteiger partial charge in [0, 0.05) is 19.3 Å². The molecule has 2 N–H and O–H groups in total. The maximum absolute atomic E-state index is 11.7. The normalized spacial score (nSPS) is 18.9. The molecule has 1 aromatic heterocycles. The molecule has 0 bridgehead atoms. The van der Waals surface area contributed by atoms with Gasteiger partial charge in [0.2, 0.25) is 0 Å². The second-order valence-electron chi connectivity index (χ2n) is 5.92. The molecule has 1 aliphatic rings. The summed E-state index contributed by atoms with van der Waals surface area (Å²) in [4.78, 5) is 17.8. The van der Waals surface area contributed by atoms with Gasteiger partial charge >= 0.3 is 6.09 Å². The lowest BCUT2D eigenvalue weighted by Crippen LogP contribution is -2.40. The van der Waals surface area contributed by atoms with E-state index in [0.717, 1.165) is 13.0 Å². The molecule has 20 heavy (non-hydrogen) atoms. The molecule has 0 radical (unpaired) electrons. The van der Waals surface area contributed by atoms with Gasteiger partial charge in [0.1, 0.15) is 5.60 Å².